The zero-order valence-corrected chi connectivity index (χ0v) is 9.62. The Labute approximate surface area is 99.3 Å². The maximum Gasteiger partial charge on any atom is 0.134 e. The first-order valence-corrected chi connectivity index (χ1v) is 5.28. The van der Waals surface area contributed by atoms with Crippen molar-refractivity contribution in [2.24, 2.45) is 0 Å². The average Bonchev–Trinajstić information content (AvgIpc) is 2.15. The highest BCUT2D eigenvalue weighted by Gasteiger charge is 1.99. The molecular formula is C12H12ClN3. The average molecular weight is 234 g/mol. The first-order chi connectivity index (χ1) is 7.63. The lowest BCUT2D eigenvalue weighted by atomic mass is 10.2. The standard InChI is InChI=1S/C12H12ClN3/c1-8-3-2-4-10(5-8)15-12-7-9(14)6-11(13)16-12/h2-7H,1H3,(H3,14,15,16). The predicted molar refractivity (Wildman–Crippen MR) is 68.1 cm³/mol. The summed E-state index contributed by atoms with van der Waals surface area (Å²) in [6.45, 7) is 2.03. The van der Waals surface area contributed by atoms with Gasteiger partial charge >= 0.3 is 0 Å². The van der Waals surface area contributed by atoms with Crippen molar-refractivity contribution in [3.63, 3.8) is 0 Å². The maximum absolute atomic E-state index is 5.82. The fourth-order valence-electron chi connectivity index (χ4n) is 1.45. The van der Waals surface area contributed by atoms with E-state index in [-0.39, 0.29) is 0 Å². The molecular weight excluding hydrogens is 222 g/mol. The number of hydrogen-bond donors (Lipinski definition) is 2. The van der Waals surface area contributed by atoms with Crippen molar-refractivity contribution in [2.45, 2.75) is 6.92 Å². The quantitative estimate of drug-likeness (QED) is 0.782. The molecule has 0 aliphatic heterocycles. The van der Waals surface area contributed by atoms with Crippen molar-refractivity contribution >= 4 is 28.8 Å². The molecule has 2 aromatic rings. The van der Waals surface area contributed by atoms with Crippen molar-refractivity contribution in [2.75, 3.05) is 11.1 Å². The summed E-state index contributed by atoms with van der Waals surface area (Å²) in [5, 5.41) is 3.54. The van der Waals surface area contributed by atoms with Crippen LogP contribution in [0.25, 0.3) is 0 Å². The molecule has 0 radical (unpaired) electrons. The Bertz CT molecular complexity index is 491. The number of rotatable bonds is 2. The number of nitrogen functional groups attached to an aromatic ring is 1. The van der Waals surface area contributed by atoms with Gasteiger partial charge in [-0.15, -0.1) is 0 Å². The van der Waals surface area contributed by atoms with Crippen molar-refractivity contribution in [3.05, 3.63) is 47.1 Å². The second-order valence-electron chi connectivity index (χ2n) is 3.60. The monoisotopic (exact) mass is 233 g/mol. The molecule has 3 nitrogen and oxygen atoms in total. The zero-order chi connectivity index (χ0) is 11.5. The largest absolute Gasteiger partial charge is 0.399 e. The Morgan fingerprint density at radius 3 is 2.75 bits per heavy atom. The van der Waals surface area contributed by atoms with E-state index < -0.39 is 0 Å². The molecule has 0 bridgehead atoms. The van der Waals surface area contributed by atoms with E-state index in [0.29, 0.717) is 16.7 Å². The highest BCUT2D eigenvalue weighted by molar-refractivity contribution is 6.29. The van der Waals surface area contributed by atoms with Gasteiger partial charge in [-0.05, 0) is 30.7 Å². The highest BCUT2D eigenvalue weighted by Crippen LogP contribution is 2.20. The van der Waals surface area contributed by atoms with E-state index in [2.05, 4.69) is 10.3 Å². The predicted octanol–water partition coefficient (Wildman–Crippen LogP) is 3.37. The topological polar surface area (TPSA) is 50.9 Å². The van der Waals surface area contributed by atoms with E-state index >= 15 is 0 Å². The molecule has 0 atom stereocenters. The first-order valence-electron chi connectivity index (χ1n) is 4.90. The van der Waals surface area contributed by atoms with Crippen molar-refractivity contribution in [1.82, 2.24) is 4.98 Å². The molecule has 0 fully saturated rings. The third-order valence-corrected chi connectivity index (χ3v) is 2.30. The van der Waals surface area contributed by atoms with Crippen LogP contribution in [-0.4, -0.2) is 4.98 Å². The van der Waals surface area contributed by atoms with E-state index in [4.69, 9.17) is 17.3 Å². The summed E-state index contributed by atoms with van der Waals surface area (Å²) < 4.78 is 0. The lowest BCUT2D eigenvalue weighted by molar-refractivity contribution is 1.31. The molecule has 0 aliphatic rings. The maximum atomic E-state index is 5.82. The number of hydrogen-bond acceptors (Lipinski definition) is 3. The van der Waals surface area contributed by atoms with Crippen LogP contribution < -0.4 is 11.1 Å². The van der Waals surface area contributed by atoms with Crippen LogP contribution in [0.15, 0.2) is 36.4 Å². The summed E-state index contributed by atoms with van der Waals surface area (Å²) in [5.74, 6) is 0.649. The van der Waals surface area contributed by atoms with Gasteiger partial charge in [0.25, 0.3) is 0 Å². The Kier molecular flexibility index (Phi) is 2.97. The molecule has 1 aromatic heterocycles. The van der Waals surface area contributed by atoms with Gasteiger partial charge in [0.1, 0.15) is 11.0 Å². The van der Waals surface area contributed by atoms with Crippen LogP contribution in [-0.2, 0) is 0 Å². The second-order valence-corrected chi connectivity index (χ2v) is 3.99. The molecule has 0 amide bonds. The van der Waals surface area contributed by atoms with Crippen LogP contribution in [0.1, 0.15) is 5.56 Å². The molecule has 0 saturated carbocycles. The minimum Gasteiger partial charge on any atom is -0.399 e. The molecule has 3 N–H and O–H groups in total. The first kappa shape index (κ1) is 10.8. The Morgan fingerprint density at radius 2 is 2.06 bits per heavy atom. The number of anilines is 3. The number of halogens is 1. The van der Waals surface area contributed by atoms with Crippen molar-refractivity contribution in [3.8, 4) is 0 Å². The Hall–Kier alpha value is -1.74. The summed E-state index contributed by atoms with van der Waals surface area (Å²) in [6, 6.07) is 11.4. The van der Waals surface area contributed by atoms with Crippen LogP contribution in [0.4, 0.5) is 17.2 Å². The van der Waals surface area contributed by atoms with Gasteiger partial charge in [0, 0.05) is 17.4 Å². The fourth-order valence-corrected chi connectivity index (χ4v) is 1.67. The van der Waals surface area contributed by atoms with Gasteiger partial charge in [0.05, 0.1) is 0 Å². The minimum absolute atomic E-state index is 0.384. The molecule has 0 saturated heterocycles. The van der Waals surface area contributed by atoms with Gasteiger partial charge in [-0.1, -0.05) is 23.7 Å². The third kappa shape index (κ3) is 2.64. The van der Waals surface area contributed by atoms with Crippen molar-refractivity contribution < 1.29 is 0 Å². The molecule has 1 heterocycles. The fraction of sp³-hybridized carbons (Fsp3) is 0.0833. The van der Waals surface area contributed by atoms with Gasteiger partial charge in [-0.25, -0.2) is 4.98 Å². The molecule has 0 spiro atoms. The van der Waals surface area contributed by atoms with Crippen LogP contribution in [0.2, 0.25) is 5.15 Å². The van der Waals surface area contributed by atoms with E-state index in [9.17, 15) is 0 Å². The lowest BCUT2D eigenvalue weighted by Crippen LogP contribution is -1.96. The number of nitrogens with two attached hydrogens (primary N) is 1. The molecule has 82 valence electrons. The molecule has 0 unspecified atom stereocenters. The highest BCUT2D eigenvalue weighted by atomic mass is 35.5. The summed E-state index contributed by atoms with van der Waals surface area (Å²) in [4.78, 5) is 4.13. The number of nitrogens with one attached hydrogen (secondary N) is 1. The molecule has 0 aliphatic carbocycles. The smallest absolute Gasteiger partial charge is 0.134 e. The lowest BCUT2D eigenvalue weighted by Gasteiger charge is -2.07. The van der Waals surface area contributed by atoms with E-state index in [1.165, 1.54) is 5.56 Å². The number of aryl methyl sites for hydroxylation is 1. The van der Waals surface area contributed by atoms with Crippen LogP contribution in [0.5, 0.6) is 0 Å². The van der Waals surface area contributed by atoms with Gasteiger partial charge in [-0.3, -0.25) is 0 Å². The second kappa shape index (κ2) is 4.41. The molecule has 2 rings (SSSR count). The number of pyridine rings is 1. The number of nitrogens with zero attached hydrogens (tertiary/aromatic N) is 1. The zero-order valence-electron chi connectivity index (χ0n) is 8.87. The Morgan fingerprint density at radius 1 is 1.25 bits per heavy atom. The summed E-state index contributed by atoms with van der Waals surface area (Å²) >= 11 is 5.82. The summed E-state index contributed by atoms with van der Waals surface area (Å²) in [7, 11) is 0. The minimum atomic E-state index is 0.384. The van der Waals surface area contributed by atoms with Gasteiger partial charge in [0.15, 0.2) is 0 Å². The van der Waals surface area contributed by atoms with Gasteiger partial charge in [-0.2, -0.15) is 0 Å². The summed E-state index contributed by atoms with van der Waals surface area (Å²) in [5.41, 5.74) is 8.42. The van der Waals surface area contributed by atoms with Crippen LogP contribution in [0, 0.1) is 6.92 Å². The van der Waals surface area contributed by atoms with E-state index in [1.807, 2.05) is 31.2 Å². The number of benzene rings is 1. The number of aromatic nitrogens is 1. The molecule has 16 heavy (non-hydrogen) atoms. The van der Waals surface area contributed by atoms with Gasteiger partial charge < -0.3 is 11.1 Å². The molecule has 1 aromatic carbocycles. The van der Waals surface area contributed by atoms with E-state index in [0.717, 1.165) is 5.69 Å². The van der Waals surface area contributed by atoms with Crippen molar-refractivity contribution in [1.29, 1.82) is 0 Å². The Balaban J connectivity index is 2.27. The van der Waals surface area contributed by atoms with Gasteiger partial charge in [0.2, 0.25) is 0 Å². The van der Waals surface area contributed by atoms with Crippen LogP contribution in [0.3, 0.4) is 0 Å². The third-order valence-electron chi connectivity index (χ3n) is 2.11. The molecule has 4 heteroatoms. The SMILES string of the molecule is Cc1cccc(Nc2cc(N)cc(Cl)n2)c1. The van der Waals surface area contributed by atoms with Crippen LogP contribution >= 0.6 is 11.6 Å². The van der Waals surface area contributed by atoms with E-state index in [1.54, 1.807) is 12.1 Å². The normalized spacial score (nSPS) is 10.1. The summed E-state index contributed by atoms with van der Waals surface area (Å²) in [6.07, 6.45) is 0.